The zero-order valence-corrected chi connectivity index (χ0v) is 9.83. The van der Waals surface area contributed by atoms with E-state index < -0.39 is 31.0 Å². The van der Waals surface area contributed by atoms with Crippen LogP contribution in [0.4, 0.5) is 0 Å². The van der Waals surface area contributed by atoms with Gasteiger partial charge in [-0.1, -0.05) is 24.8 Å². The fourth-order valence-corrected chi connectivity index (χ4v) is 2.52. The van der Waals surface area contributed by atoms with E-state index >= 15 is 0 Å². The first kappa shape index (κ1) is 13.8. The van der Waals surface area contributed by atoms with Gasteiger partial charge in [0, 0.05) is 0 Å². The van der Waals surface area contributed by atoms with Crippen molar-refractivity contribution in [2.45, 2.75) is 10.3 Å². The highest BCUT2D eigenvalue weighted by Gasteiger charge is 2.44. The van der Waals surface area contributed by atoms with Crippen LogP contribution < -0.4 is 0 Å². The number of carbonyl (C=O) groups is 1. The predicted molar refractivity (Wildman–Crippen MR) is 62.1 cm³/mol. The van der Waals surface area contributed by atoms with Crippen molar-refractivity contribution in [3.05, 3.63) is 46.5 Å². The van der Waals surface area contributed by atoms with Crippen LogP contribution in [0.3, 0.4) is 0 Å². The second-order valence-corrected chi connectivity index (χ2v) is 5.30. The van der Waals surface area contributed by atoms with Crippen LogP contribution in [0.2, 0.25) is 0 Å². The molecular weight excluding hydrogens is 262 g/mol. The largest absolute Gasteiger partial charge is 0.475 e. The number of rotatable bonds is 5. The van der Waals surface area contributed by atoms with Crippen molar-refractivity contribution < 1.29 is 23.2 Å². The summed E-state index contributed by atoms with van der Waals surface area (Å²) in [5.41, 5.74) is 0.613. The lowest BCUT2D eigenvalue weighted by molar-refractivity contribution is -0.486. The van der Waals surface area contributed by atoms with Gasteiger partial charge in [-0.05, 0) is 17.7 Å². The summed E-state index contributed by atoms with van der Waals surface area (Å²) in [5.74, 6) is -2.02. The molecule has 0 aliphatic carbocycles. The van der Waals surface area contributed by atoms with E-state index in [1.165, 1.54) is 18.2 Å². The molecule has 0 aliphatic heterocycles. The van der Waals surface area contributed by atoms with Crippen LogP contribution in [-0.2, 0) is 14.6 Å². The number of benzene rings is 1. The lowest BCUT2D eigenvalue weighted by atomic mass is 10.2. The highest BCUT2D eigenvalue weighted by atomic mass is 32.2. The van der Waals surface area contributed by atoms with Crippen molar-refractivity contribution in [3.8, 4) is 0 Å². The number of aliphatic carboxylic acids is 1. The van der Waals surface area contributed by atoms with Gasteiger partial charge in [-0.2, -0.15) is 0 Å². The Labute approximate surface area is 102 Å². The summed E-state index contributed by atoms with van der Waals surface area (Å²) in [4.78, 5) is 19.4. The smallest absolute Gasteiger partial charge is 0.408 e. The number of carboxylic acids is 1. The topological polar surface area (TPSA) is 115 Å². The fourth-order valence-electron chi connectivity index (χ4n) is 1.26. The zero-order chi connectivity index (χ0) is 13.9. The Morgan fingerprint density at radius 1 is 1.39 bits per heavy atom. The maximum atomic E-state index is 11.8. The third-order valence-electron chi connectivity index (χ3n) is 2.14. The monoisotopic (exact) mass is 271 g/mol. The first-order valence-electron chi connectivity index (χ1n) is 4.63. The minimum Gasteiger partial charge on any atom is -0.475 e. The molecule has 7 nitrogen and oxygen atoms in total. The van der Waals surface area contributed by atoms with Crippen molar-refractivity contribution in [1.82, 2.24) is 0 Å². The summed E-state index contributed by atoms with van der Waals surface area (Å²) in [6.45, 7) is 3.46. The molecule has 0 radical (unpaired) electrons. The van der Waals surface area contributed by atoms with Gasteiger partial charge in [-0.15, -0.1) is 0 Å². The van der Waals surface area contributed by atoms with Gasteiger partial charge >= 0.3 is 11.3 Å². The highest BCUT2D eigenvalue weighted by molar-refractivity contribution is 7.92. The lowest BCUT2D eigenvalue weighted by Gasteiger charge is -2.06. The molecule has 0 saturated carbocycles. The van der Waals surface area contributed by atoms with Gasteiger partial charge in [0.05, 0.1) is 9.82 Å². The van der Waals surface area contributed by atoms with Crippen LogP contribution in [0.1, 0.15) is 5.56 Å². The van der Waals surface area contributed by atoms with Gasteiger partial charge in [-0.3, -0.25) is 10.1 Å². The van der Waals surface area contributed by atoms with Crippen molar-refractivity contribution in [3.63, 3.8) is 0 Å². The molecule has 18 heavy (non-hydrogen) atoms. The third kappa shape index (κ3) is 2.54. The quantitative estimate of drug-likeness (QED) is 0.625. The predicted octanol–water partition coefficient (Wildman–Crippen LogP) is 0.791. The molecule has 0 spiro atoms. The number of hydrogen-bond donors (Lipinski definition) is 1. The second-order valence-electron chi connectivity index (χ2n) is 3.29. The standard InChI is InChI=1S/C10H9NO6S/c1-2-7-3-5-8(6-4-7)18(16,17)9(10(12)13)11(14)15/h2-6,9H,1H2,(H,12,13). The average Bonchev–Trinajstić information content (AvgIpc) is 2.27. The molecule has 0 aliphatic rings. The SMILES string of the molecule is C=Cc1ccc(S(=O)(=O)C(C(=O)O)[N+](=O)[O-])cc1. The number of sulfone groups is 1. The van der Waals surface area contributed by atoms with Gasteiger partial charge < -0.3 is 5.11 Å². The van der Waals surface area contributed by atoms with E-state index in [9.17, 15) is 23.3 Å². The molecule has 0 saturated heterocycles. The molecular formula is C10H9NO6S. The van der Waals surface area contributed by atoms with Crippen molar-refractivity contribution in [1.29, 1.82) is 0 Å². The molecule has 0 amide bonds. The van der Waals surface area contributed by atoms with Crippen LogP contribution in [0.25, 0.3) is 6.08 Å². The van der Waals surface area contributed by atoms with Gasteiger partial charge in [0.25, 0.3) is 9.84 Å². The van der Waals surface area contributed by atoms with E-state index in [0.717, 1.165) is 12.1 Å². The Balaban J connectivity index is 3.30. The summed E-state index contributed by atoms with van der Waals surface area (Å²) in [5, 5.41) is 16.4. The second kappa shape index (κ2) is 4.96. The highest BCUT2D eigenvalue weighted by Crippen LogP contribution is 2.18. The van der Waals surface area contributed by atoms with Gasteiger partial charge in [0.1, 0.15) is 0 Å². The maximum absolute atomic E-state index is 11.8. The third-order valence-corrected chi connectivity index (χ3v) is 4.03. The van der Waals surface area contributed by atoms with Crippen LogP contribution >= 0.6 is 0 Å². The summed E-state index contributed by atoms with van der Waals surface area (Å²) < 4.78 is 23.5. The molecule has 1 rings (SSSR count). The van der Waals surface area contributed by atoms with Gasteiger partial charge in [0.2, 0.25) is 0 Å². The number of nitro groups is 1. The van der Waals surface area contributed by atoms with Crippen molar-refractivity contribution in [2.24, 2.45) is 0 Å². The summed E-state index contributed by atoms with van der Waals surface area (Å²) in [7, 11) is -4.56. The van der Waals surface area contributed by atoms with E-state index in [4.69, 9.17) is 5.11 Å². The van der Waals surface area contributed by atoms with Crippen LogP contribution in [0.15, 0.2) is 35.7 Å². The Morgan fingerprint density at radius 3 is 2.22 bits per heavy atom. The van der Waals surface area contributed by atoms with E-state index in [0.29, 0.717) is 5.56 Å². The Kier molecular flexibility index (Phi) is 3.82. The maximum Gasteiger partial charge on any atom is 0.408 e. The minimum atomic E-state index is -4.56. The summed E-state index contributed by atoms with van der Waals surface area (Å²) in [6, 6.07) is 4.95. The summed E-state index contributed by atoms with van der Waals surface area (Å²) >= 11 is 0. The molecule has 1 unspecified atom stereocenters. The van der Waals surface area contributed by atoms with Crippen LogP contribution in [0, 0.1) is 10.1 Å². The molecule has 96 valence electrons. The Bertz CT molecular complexity index is 575. The molecule has 1 N–H and O–H groups in total. The van der Waals surface area contributed by atoms with Gasteiger partial charge in [0.15, 0.2) is 0 Å². The molecule has 1 atom stereocenters. The molecule has 0 bridgehead atoms. The van der Waals surface area contributed by atoms with Crippen molar-refractivity contribution >= 4 is 21.9 Å². The number of hydrogen-bond acceptors (Lipinski definition) is 5. The molecule has 8 heteroatoms. The molecule has 0 aromatic heterocycles. The van der Waals surface area contributed by atoms with Crippen LogP contribution in [-0.4, -0.2) is 29.8 Å². The first-order chi connectivity index (χ1) is 8.30. The van der Waals surface area contributed by atoms with E-state index in [1.54, 1.807) is 0 Å². The van der Waals surface area contributed by atoms with E-state index in [1.807, 2.05) is 0 Å². The number of carboxylic acid groups (broad SMARTS) is 1. The lowest BCUT2D eigenvalue weighted by Crippen LogP contribution is -2.37. The molecule has 0 fully saturated rings. The Hall–Kier alpha value is -2.22. The zero-order valence-electron chi connectivity index (χ0n) is 9.02. The fraction of sp³-hybridized carbons (Fsp3) is 0.100. The molecule has 1 aromatic rings. The first-order valence-corrected chi connectivity index (χ1v) is 6.18. The van der Waals surface area contributed by atoms with Crippen LogP contribution in [0.5, 0.6) is 0 Å². The Morgan fingerprint density at radius 2 is 1.89 bits per heavy atom. The van der Waals surface area contributed by atoms with E-state index in [-0.39, 0.29) is 0 Å². The van der Waals surface area contributed by atoms with Crippen molar-refractivity contribution in [2.75, 3.05) is 0 Å². The molecule has 0 heterocycles. The molecule has 1 aromatic carbocycles. The minimum absolute atomic E-state index is 0.419. The van der Waals surface area contributed by atoms with E-state index in [2.05, 4.69) is 6.58 Å². The van der Waals surface area contributed by atoms with Gasteiger partial charge in [-0.25, -0.2) is 13.2 Å². The summed E-state index contributed by atoms with van der Waals surface area (Å²) in [6.07, 6.45) is 1.46. The normalized spacial score (nSPS) is 12.7. The average molecular weight is 271 g/mol. The number of nitrogens with zero attached hydrogens (tertiary/aromatic N) is 1.